The van der Waals surface area contributed by atoms with Crippen LogP contribution in [0.1, 0.15) is 13.3 Å². The summed E-state index contributed by atoms with van der Waals surface area (Å²) in [6.07, 6.45) is 0.208. The quantitative estimate of drug-likeness (QED) is 0.681. The Hall–Kier alpha value is -2.34. The minimum absolute atomic E-state index is 0.140. The normalized spacial score (nSPS) is 10.9. The second kappa shape index (κ2) is 6.41. The first-order chi connectivity index (χ1) is 10.0. The van der Waals surface area contributed by atoms with E-state index >= 15 is 0 Å². The third kappa shape index (κ3) is 3.82. The molecule has 0 bridgehead atoms. The van der Waals surface area contributed by atoms with Gasteiger partial charge in [-0.05, 0) is 24.3 Å². The molecule has 110 valence electrons. The van der Waals surface area contributed by atoms with Crippen molar-refractivity contribution >= 4 is 21.7 Å². The maximum absolute atomic E-state index is 12.3. The zero-order valence-electron chi connectivity index (χ0n) is 11.4. The van der Waals surface area contributed by atoms with E-state index in [2.05, 4.69) is 4.72 Å². The van der Waals surface area contributed by atoms with Crippen molar-refractivity contribution in [3.63, 3.8) is 0 Å². The minimum Gasteiger partial charge on any atom is -0.424 e. The van der Waals surface area contributed by atoms with Gasteiger partial charge >= 0.3 is 5.97 Å². The molecule has 0 aliphatic carbocycles. The second-order valence-electron chi connectivity index (χ2n) is 4.24. The number of hydrogen-bond donors (Lipinski definition) is 1. The highest BCUT2D eigenvalue weighted by atomic mass is 32.2. The van der Waals surface area contributed by atoms with Crippen molar-refractivity contribution in [1.29, 1.82) is 0 Å². The number of nitrogens with one attached hydrogen (secondary N) is 1. The van der Waals surface area contributed by atoms with E-state index in [4.69, 9.17) is 4.74 Å². The number of carbonyl (C=O) groups excluding carboxylic acids is 1. The van der Waals surface area contributed by atoms with E-state index in [9.17, 15) is 13.2 Å². The number of hydrogen-bond acceptors (Lipinski definition) is 4. The van der Waals surface area contributed by atoms with E-state index in [0.717, 1.165) is 0 Å². The first kappa shape index (κ1) is 15.1. The maximum atomic E-state index is 12.3. The fourth-order valence-corrected chi connectivity index (χ4v) is 2.73. The molecule has 0 saturated heterocycles. The number of anilines is 1. The highest BCUT2D eigenvalue weighted by molar-refractivity contribution is 7.92. The molecule has 0 aliphatic rings. The molecular weight excluding hydrogens is 290 g/mol. The number of ether oxygens (including phenoxy) is 1. The van der Waals surface area contributed by atoms with E-state index in [1.807, 2.05) is 0 Å². The monoisotopic (exact) mass is 305 g/mol. The summed E-state index contributed by atoms with van der Waals surface area (Å²) in [5.74, 6) is -0.245. The lowest BCUT2D eigenvalue weighted by atomic mass is 10.3. The Balaban J connectivity index is 2.30. The third-order valence-corrected chi connectivity index (χ3v) is 4.08. The predicted octanol–water partition coefficient (Wildman–Crippen LogP) is 2.80. The van der Waals surface area contributed by atoms with Gasteiger partial charge in [0, 0.05) is 6.42 Å². The lowest BCUT2D eigenvalue weighted by Crippen LogP contribution is -2.15. The van der Waals surface area contributed by atoms with E-state index in [1.165, 1.54) is 18.2 Å². The van der Waals surface area contributed by atoms with Crippen LogP contribution < -0.4 is 9.46 Å². The Labute approximate surface area is 123 Å². The average molecular weight is 305 g/mol. The Kier molecular flexibility index (Phi) is 4.59. The van der Waals surface area contributed by atoms with E-state index in [-0.39, 0.29) is 22.8 Å². The van der Waals surface area contributed by atoms with E-state index in [1.54, 1.807) is 43.3 Å². The van der Waals surface area contributed by atoms with Crippen LogP contribution in [-0.2, 0) is 14.8 Å². The predicted molar refractivity (Wildman–Crippen MR) is 79.6 cm³/mol. The molecule has 0 saturated carbocycles. The fourth-order valence-electron chi connectivity index (χ4n) is 1.64. The first-order valence-electron chi connectivity index (χ1n) is 6.40. The molecule has 0 fully saturated rings. The number of para-hydroxylation sites is 2. The van der Waals surface area contributed by atoms with Gasteiger partial charge in [-0.25, -0.2) is 8.42 Å². The van der Waals surface area contributed by atoms with Crippen molar-refractivity contribution in [3.8, 4) is 5.75 Å². The van der Waals surface area contributed by atoms with Crippen LogP contribution >= 0.6 is 0 Å². The molecular formula is C15H15NO4S. The summed E-state index contributed by atoms with van der Waals surface area (Å²) >= 11 is 0. The third-order valence-electron chi connectivity index (χ3n) is 2.70. The molecule has 2 aromatic rings. The Morgan fingerprint density at radius 1 is 1.05 bits per heavy atom. The minimum atomic E-state index is -3.72. The van der Waals surface area contributed by atoms with Crippen LogP contribution in [0, 0.1) is 0 Å². The van der Waals surface area contributed by atoms with Crippen LogP contribution in [0.25, 0.3) is 0 Å². The van der Waals surface area contributed by atoms with Crippen LogP contribution in [0.2, 0.25) is 0 Å². The standard InChI is InChI=1S/C15H15NO4S/c1-2-15(17)20-14-11-7-6-10-13(14)16-21(18,19)12-8-4-3-5-9-12/h3-11,16H,2H2,1H3. The molecule has 2 rings (SSSR count). The molecule has 6 heteroatoms. The summed E-state index contributed by atoms with van der Waals surface area (Å²) in [6, 6.07) is 14.4. The van der Waals surface area contributed by atoms with E-state index < -0.39 is 16.0 Å². The molecule has 0 radical (unpaired) electrons. The number of sulfonamides is 1. The molecule has 0 atom stereocenters. The summed E-state index contributed by atoms with van der Waals surface area (Å²) in [4.78, 5) is 11.5. The summed E-state index contributed by atoms with van der Waals surface area (Å²) in [6.45, 7) is 1.67. The molecule has 0 unspecified atom stereocenters. The summed E-state index contributed by atoms with van der Waals surface area (Å²) in [7, 11) is -3.72. The van der Waals surface area contributed by atoms with Gasteiger partial charge in [-0.3, -0.25) is 9.52 Å². The van der Waals surface area contributed by atoms with Gasteiger partial charge in [-0.2, -0.15) is 0 Å². The average Bonchev–Trinajstić information content (AvgIpc) is 2.50. The Bertz CT molecular complexity index is 726. The SMILES string of the molecule is CCC(=O)Oc1ccccc1NS(=O)(=O)c1ccccc1. The van der Waals surface area contributed by atoms with Crippen molar-refractivity contribution in [1.82, 2.24) is 0 Å². The fraction of sp³-hybridized carbons (Fsp3) is 0.133. The van der Waals surface area contributed by atoms with Gasteiger partial charge in [0.1, 0.15) is 0 Å². The molecule has 0 aromatic heterocycles. The van der Waals surface area contributed by atoms with Crippen molar-refractivity contribution in [2.45, 2.75) is 18.2 Å². The van der Waals surface area contributed by atoms with Gasteiger partial charge in [0.15, 0.2) is 5.75 Å². The number of rotatable bonds is 5. The van der Waals surface area contributed by atoms with Crippen LogP contribution in [-0.4, -0.2) is 14.4 Å². The number of esters is 1. The van der Waals surface area contributed by atoms with Crippen molar-refractivity contribution in [3.05, 3.63) is 54.6 Å². The molecule has 2 aromatic carbocycles. The van der Waals surface area contributed by atoms with Gasteiger partial charge in [-0.15, -0.1) is 0 Å². The summed E-state index contributed by atoms with van der Waals surface area (Å²) < 4.78 is 32.1. The first-order valence-corrected chi connectivity index (χ1v) is 7.89. The van der Waals surface area contributed by atoms with Gasteiger partial charge in [0.2, 0.25) is 0 Å². The van der Waals surface area contributed by atoms with Crippen LogP contribution in [0.5, 0.6) is 5.75 Å². The van der Waals surface area contributed by atoms with Crippen LogP contribution in [0.3, 0.4) is 0 Å². The van der Waals surface area contributed by atoms with Gasteiger partial charge < -0.3 is 4.74 Å². The molecule has 0 amide bonds. The topological polar surface area (TPSA) is 72.5 Å². The lowest BCUT2D eigenvalue weighted by Gasteiger charge is -2.12. The van der Waals surface area contributed by atoms with Crippen LogP contribution in [0.4, 0.5) is 5.69 Å². The Morgan fingerprint density at radius 2 is 1.67 bits per heavy atom. The Morgan fingerprint density at radius 3 is 2.33 bits per heavy atom. The molecule has 0 spiro atoms. The molecule has 0 heterocycles. The number of carbonyl (C=O) groups is 1. The highest BCUT2D eigenvalue weighted by Crippen LogP contribution is 2.26. The second-order valence-corrected chi connectivity index (χ2v) is 5.92. The van der Waals surface area contributed by atoms with Crippen molar-refractivity contribution in [2.24, 2.45) is 0 Å². The van der Waals surface area contributed by atoms with E-state index in [0.29, 0.717) is 0 Å². The van der Waals surface area contributed by atoms with Gasteiger partial charge in [0.25, 0.3) is 10.0 Å². The molecule has 5 nitrogen and oxygen atoms in total. The smallest absolute Gasteiger partial charge is 0.310 e. The highest BCUT2D eigenvalue weighted by Gasteiger charge is 2.16. The van der Waals surface area contributed by atoms with Crippen LogP contribution in [0.15, 0.2) is 59.5 Å². The lowest BCUT2D eigenvalue weighted by molar-refractivity contribution is -0.133. The van der Waals surface area contributed by atoms with Gasteiger partial charge in [0.05, 0.1) is 10.6 Å². The zero-order valence-corrected chi connectivity index (χ0v) is 12.3. The van der Waals surface area contributed by atoms with Crippen molar-refractivity contribution in [2.75, 3.05) is 4.72 Å². The number of benzene rings is 2. The molecule has 1 N–H and O–H groups in total. The zero-order chi connectivity index (χ0) is 15.3. The van der Waals surface area contributed by atoms with Gasteiger partial charge in [-0.1, -0.05) is 37.3 Å². The summed E-state index contributed by atoms with van der Waals surface area (Å²) in [5, 5.41) is 0. The molecule has 21 heavy (non-hydrogen) atoms. The summed E-state index contributed by atoms with van der Waals surface area (Å²) in [5.41, 5.74) is 0.225. The largest absolute Gasteiger partial charge is 0.424 e. The molecule has 0 aliphatic heterocycles. The van der Waals surface area contributed by atoms with Crippen molar-refractivity contribution < 1.29 is 17.9 Å². The maximum Gasteiger partial charge on any atom is 0.310 e.